The number of anilines is 1. The number of carbonyl (C=O) groups excluding carboxylic acids is 1. The molecule has 1 saturated heterocycles. The maximum Gasteiger partial charge on any atom is 0.306 e. The summed E-state index contributed by atoms with van der Waals surface area (Å²) >= 11 is 12.6. The zero-order chi connectivity index (χ0) is 25.8. The Bertz CT molecular complexity index is 1060. The first kappa shape index (κ1) is 27.0. The van der Waals surface area contributed by atoms with Crippen LogP contribution in [0.25, 0.3) is 11.9 Å². The second-order valence-electron chi connectivity index (χ2n) is 8.96. The summed E-state index contributed by atoms with van der Waals surface area (Å²) < 4.78 is 36.4. The van der Waals surface area contributed by atoms with E-state index in [1.54, 1.807) is 0 Å². The average Bonchev–Trinajstić information content (AvgIpc) is 3.20. The monoisotopic (exact) mass is 527 g/mol. The Morgan fingerprint density at radius 2 is 1.77 bits per heavy atom. The molecule has 11 heteroatoms. The molecule has 1 aromatic carbocycles. The molecule has 0 bridgehead atoms. The quantitative estimate of drug-likeness (QED) is 0.454. The van der Waals surface area contributed by atoms with E-state index >= 15 is 4.39 Å². The molecule has 0 spiro atoms. The third-order valence-electron chi connectivity index (χ3n) is 5.14. The van der Waals surface area contributed by atoms with Crippen LogP contribution >= 0.6 is 23.2 Å². The van der Waals surface area contributed by atoms with Crippen molar-refractivity contribution >= 4 is 47.0 Å². The Morgan fingerprint density at radius 3 is 2.31 bits per heavy atom. The van der Waals surface area contributed by atoms with Crippen molar-refractivity contribution in [2.75, 3.05) is 32.8 Å². The SMILES string of the molecule is COc1cc(OC)c(Cl)c(/C(F)=C/c2cnc(N[C@@H]3COC[C@@H]3CC(=O)OC(C)(C)C)nc2)c1Cl. The number of hydrogen-bond acceptors (Lipinski definition) is 8. The Hall–Kier alpha value is -2.62. The molecule has 8 nitrogen and oxygen atoms in total. The molecule has 0 radical (unpaired) electrons. The summed E-state index contributed by atoms with van der Waals surface area (Å²) in [7, 11) is 2.82. The van der Waals surface area contributed by atoms with E-state index < -0.39 is 11.4 Å². The maximum absolute atomic E-state index is 15.1. The lowest BCUT2D eigenvalue weighted by molar-refractivity contribution is -0.156. The Morgan fingerprint density at radius 1 is 1.17 bits per heavy atom. The lowest BCUT2D eigenvalue weighted by Gasteiger charge is -2.22. The van der Waals surface area contributed by atoms with Crippen LogP contribution < -0.4 is 14.8 Å². The first-order valence-electron chi connectivity index (χ1n) is 10.9. The van der Waals surface area contributed by atoms with E-state index in [-0.39, 0.29) is 51.5 Å². The molecule has 0 aliphatic carbocycles. The molecule has 0 amide bonds. The van der Waals surface area contributed by atoms with Gasteiger partial charge in [0.05, 0.1) is 55.5 Å². The molecule has 2 heterocycles. The number of aromatic nitrogens is 2. The molecular formula is C24H28Cl2FN3O5. The Balaban J connectivity index is 1.72. The van der Waals surface area contributed by atoms with Crippen molar-refractivity contribution in [2.45, 2.75) is 38.8 Å². The number of nitrogens with one attached hydrogen (secondary N) is 1. The van der Waals surface area contributed by atoms with Gasteiger partial charge in [-0.15, -0.1) is 0 Å². The van der Waals surface area contributed by atoms with Gasteiger partial charge < -0.3 is 24.3 Å². The van der Waals surface area contributed by atoms with Crippen LogP contribution in [0.15, 0.2) is 18.5 Å². The van der Waals surface area contributed by atoms with Gasteiger partial charge in [0, 0.05) is 29.9 Å². The molecule has 35 heavy (non-hydrogen) atoms. The molecule has 190 valence electrons. The fraction of sp³-hybridized carbons (Fsp3) is 0.458. The van der Waals surface area contributed by atoms with E-state index in [4.69, 9.17) is 42.1 Å². The zero-order valence-corrected chi connectivity index (χ0v) is 21.7. The van der Waals surface area contributed by atoms with E-state index in [9.17, 15) is 4.79 Å². The highest BCUT2D eigenvalue weighted by Crippen LogP contribution is 2.44. The number of benzene rings is 1. The van der Waals surface area contributed by atoms with Gasteiger partial charge in [-0.05, 0) is 26.8 Å². The molecular weight excluding hydrogens is 500 g/mol. The van der Waals surface area contributed by atoms with Crippen LogP contribution in [0.5, 0.6) is 11.5 Å². The first-order chi connectivity index (χ1) is 16.5. The van der Waals surface area contributed by atoms with Crippen molar-refractivity contribution in [3.63, 3.8) is 0 Å². The van der Waals surface area contributed by atoms with Crippen molar-refractivity contribution in [3.8, 4) is 11.5 Å². The van der Waals surface area contributed by atoms with Crippen LogP contribution in [0, 0.1) is 5.92 Å². The van der Waals surface area contributed by atoms with E-state index in [0.29, 0.717) is 24.7 Å². The number of rotatable bonds is 8. The number of halogens is 3. The summed E-state index contributed by atoms with van der Waals surface area (Å²) in [5.41, 5.74) is -0.221. The topological polar surface area (TPSA) is 91.8 Å². The minimum atomic E-state index is -0.705. The van der Waals surface area contributed by atoms with Gasteiger partial charge in [-0.25, -0.2) is 14.4 Å². The number of methoxy groups -OCH3 is 2. The summed E-state index contributed by atoms with van der Waals surface area (Å²) in [5.74, 6) is -0.306. The van der Waals surface area contributed by atoms with Gasteiger partial charge in [-0.1, -0.05) is 23.2 Å². The molecule has 3 rings (SSSR count). The van der Waals surface area contributed by atoms with Gasteiger partial charge in [0.15, 0.2) is 0 Å². The second-order valence-corrected chi connectivity index (χ2v) is 9.71. The minimum Gasteiger partial charge on any atom is -0.495 e. The van der Waals surface area contributed by atoms with Crippen LogP contribution in [-0.2, 0) is 14.3 Å². The van der Waals surface area contributed by atoms with Gasteiger partial charge in [0.1, 0.15) is 22.9 Å². The third kappa shape index (κ3) is 6.96. The highest BCUT2D eigenvalue weighted by molar-refractivity contribution is 6.39. The lowest BCUT2D eigenvalue weighted by atomic mass is 10.00. The highest BCUT2D eigenvalue weighted by Gasteiger charge is 2.32. The number of nitrogens with zero attached hydrogens (tertiary/aromatic N) is 2. The van der Waals surface area contributed by atoms with Gasteiger partial charge in [-0.3, -0.25) is 4.79 Å². The van der Waals surface area contributed by atoms with Crippen molar-refractivity contribution < 1.29 is 28.1 Å². The van der Waals surface area contributed by atoms with Crippen molar-refractivity contribution in [1.29, 1.82) is 0 Å². The van der Waals surface area contributed by atoms with Crippen LogP contribution in [-0.4, -0.2) is 55.0 Å². The van der Waals surface area contributed by atoms with E-state index in [1.165, 1.54) is 38.8 Å². The molecule has 0 unspecified atom stereocenters. The average molecular weight is 528 g/mol. The number of esters is 1. The largest absolute Gasteiger partial charge is 0.495 e. The standard InChI is InChI=1S/C24H28Cl2FN3O5/c1-24(2,3)35-19(31)7-14-11-34-12-16(14)30-23-28-9-13(10-29-23)6-15(27)20-21(25)17(32-4)8-18(33-5)22(20)26/h6,8-10,14,16H,7,11-12H2,1-5H3,(H,28,29,30)/b15-6-/t14-,16+/m0/s1. The first-order valence-corrected chi connectivity index (χ1v) is 11.6. The van der Waals surface area contributed by atoms with Crippen molar-refractivity contribution in [3.05, 3.63) is 39.6 Å². The molecule has 2 atom stereocenters. The van der Waals surface area contributed by atoms with E-state index in [2.05, 4.69) is 15.3 Å². The summed E-state index contributed by atoms with van der Waals surface area (Å²) in [6.45, 7) is 6.30. The molecule has 1 aliphatic heterocycles. The maximum atomic E-state index is 15.1. The summed E-state index contributed by atoms with van der Waals surface area (Å²) in [6, 6.07) is 1.32. The van der Waals surface area contributed by atoms with Gasteiger partial charge in [0.2, 0.25) is 5.95 Å². The smallest absolute Gasteiger partial charge is 0.306 e. The molecule has 1 N–H and O–H groups in total. The predicted octanol–water partition coefficient (Wildman–Crippen LogP) is 5.43. The van der Waals surface area contributed by atoms with Gasteiger partial charge in [0.25, 0.3) is 0 Å². The fourth-order valence-corrected chi connectivity index (χ4v) is 4.20. The van der Waals surface area contributed by atoms with Crippen LogP contribution in [0.2, 0.25) is 10.0 Å². The van der Waals surface area contributed by atoms with Gasteiger partial charge >= 0.3 is 5.97 Å². The predicted molar refractivity (Wildman–Crippen MR) is 133 cm³/mol. The number of carbonyl (C=O) groups is 1. The van der Waals surface area contributed by atoms with E-state index in [0.717, 1.165) is 0 Å². The van der Waals surface area contributed by atoms with Crippen LogP contribution in [0.1, 0.15) is 38.3 Å². The van der Waals surface area contributed by atoms with Crippen LogP contribution in [0.3, 0.4) is 0 Å². The third-order valence-corrected chi connectivity index (χ3v) is 5.89. The fourth-order valence-electron chi connectivity index (χ4n) is 3.52. The Kier molecular flexibility index (Phi) is 8.79. The van der Waals surface area contributed by atoms with E-state index in [1.807, 2.05) is 20.8 Å². The highest BCUT2D eigenvalue weighted by atomic mass is 35.5. The lowest BCUT2D eigenvalue weighted by Crippen LogP contribution is -2.32. The molecule has 1 aliphatic rings. The second kappa shape index (κ2) is 11.4. The van der Waals surface area contributed by atoms with Crippen LogP contribution in [0.4, 0.5) is 10.3 Å². The van der Waals surface area contributed by atoms with Crippen molar-refractivity contribution in [1.82, 2.24) is 9.97 Å². The minimum absolute atomic E-state index is 0.0171. The zero-order valence-electron chi connectivity index (χ0n) is 20.2. The summed E-state index contributed by atoms with van der Waals surface area (Å²) in [6.07, 6.45) is 4.33. The summed E-state index contributed by atoms with van der Waals surface area (Å²) in [5, 5.41) is 3.21. The van der Waals surface area contributed by atoms with Gasteiger partial charge in [-0.2, -0.15) is 0 Å². The number of hydrogen-bond donors (Lipinski definition) is 1. The molecule has 1 fully saturated rings. The molecule has 1 aromatic heterocycles. The van der Waals surface area contributed by atoms with Crippen molar-refractivity contribution in [2.24, 2.45) is 5.92 Å². The summed E-state index contributed by atoms with van der Waals surface area (Å²) in [4.78, 5) is 20.7. The number of ether oxygens (including phenoxy) is 4. The normalized spacial score (nSPS) is 18.3. The molecule has 2 aromatic rings. The Labute approximate surface area is 213 Å². The molecule has 0 saturated carbocycles.